The minimum Gasteiger partial charge on any atom is -0.490 e. The van der Waals surface area contributed by atoms with Gasteiger partial charge in [-0.3, -0.25) is 0 Å². The monoisotopic (exact) mass is 457 g/mol. The van der Waals surface area contributed by atoms with Crippen LogP contribution in [0.3, 0.4) is 0 Å². The number of nitrogens with one attached hydrogen (secondary N) is 1. The Bertz CT molecular complexity index is 872. The summed E-state index contributed by atoms with van der Waals surface area (Å²) in [7, 11) is 0. The average molecular weight is 459 g/mol. The van der Waals surface area contributed by atoms with Crippen LogP contribution in [0, 0.1) is 0 Å². The van der Waals surface area contributed by atoms with Crippen LogP contribution in [0.1, 0.15) is 22.9 Å². The molecular weight excluding hydrogens is 437 g/mol. The van der Waals surface area contributed by atoms with Crippen LogP contribution in [0.15, 0.2) is 53.9 Å². The molecule has 1 N–H and O–H groups in total. The van der Waals surface area contributed by atoms with Crippen molar-refractivity contribution >= 4 is 46.9 Å². The molecule has 0 fully saturated rings. The fourth-order valence-electron chi connectivity index (χ4n) is 2.59. The van der Waals surface area contributed by atoms with Gasteiger partial charge in [-0.1, -0.05) is 41.4 Å². The normalized spacial score (nSPS) is 10.4. The summed E-state index contributed by atoms with van der Waals surface area (Å²) in [6.45, 7) is 4.51. The van der Waals surface area contributed by atoms with Crippen molar-refractivity contribution in [2.75, 3.05) is 6.61 Å². The first-order valence-electron chi connectivity index (χ1n) is 8.71. The predicted molar refractivity (Wildman–Crippen MR) is 121 cm³/mol. The van der Waals surface area contributed by atoms with E-state index in [-0.39, 0.29) is 12.4 Å². The first-order valence-corrected chi connectivity index (χ1v) is 10.3. The maximum absolute atomic E-state index is 6.22. The van der Waals surface area contributed by atoms with Gasteiger partial charge in [0.25, 0.3) is 0 Å². The number of hydrogen-bond acceptors (Lipinski definition) is 4. The quantitative estimate of drug-likeness (QED) is 0.385. The highest BCUT2D eigenvalue weighted by atomic mass is 35.5. The van der Waals surface area contributed by atoms with Gasteiger partial charge in [-0.05, 0) is 48.2 Å². The first-order chi connectivity index (χ1) is 13.2. The van der Waals surface area contributed by atoms with Gasteiger partial charge in [0.15, 0.2) is 11.5 Å². The minimum absolute atomic E-state index is 0. The lowest BCUT2D eigenvalue weighted by Crippen LogP contribution is -2.12. The molecule has 0 atom stereocenters. The van der Waals surface area contributed by atoms with Gasteiger partial charge in [-0.15, -0.1) is 23.7 Å². The lowest BCUT2D eigenvalue weighted by atomic mass is 10.2. The van der Waals surface area contributed by atoms with E-state index in [2.05, 4.69) is 22.8 Å². The molecule has 1 aromatic heterocycles. The molecule has 3 rings (SSSR count). The van der Waals surface area contributed by atoms with E-state index < -0.39 is 0 Å². The van der Waals surface area contributed by atoms with E-state index in [0.29, 0.717) is 29.0 Å². The Kier molecular flexibility index (Phi) is 9.42. The molecule has 7 heteroatoms. The van der Waals surface area contributed by atoms with Crippen LogP contribution in [0.2, 0.25) is 10.0 Å². The van der Waals surface area contributed by atoms with Gasteiger partial charge in [0.05, 0.1) is 6.61 Å². The van der Waals surface area contributed by atoms with Gasteiger partial charge in [-0.25, -0.2) is 0 Å². The SMILES string of the molecule is CCOc1cc(CNCc2cccs2)ccc1OCc1ccc(Cl)cc1Cl.Cl. The topological polar surface area (TPSA) is 30.5 Å². The maximum Gasteiger partial charge on any atom is 0.161 e. The van der Waals surface area contributed by atoms with Crippen molar-refractivity contribution in [1.82, 2.24) is 5.32 Å². The summed E-state index contributed by atoms with van der Waals surface area (Å²) in [5.41, 5.74) is 2.03. The summed E-state index contributed by atoms with van der Waals surface area (Å²) in [5, 5.41) is 6.74. The predicted octanol–water partition coefficient (Wildman–Crippen LogP) is 6.74. The third-order valence-corrected chi connectivity index (χ3v) is 5.38. The van der Waals surface area contributed by atoms with E-state index in [1.54, 1.807) is 23.5 Å². The Morgan fingerprint density at radius 1 is 0.964 bits per heavy atom. The zero-order valence-corrected chi connectivity index (χ0v) is 18.6. The fraction of sp³-hybridized carbons (Fsp3) is 0.238. The average Bonchev–Trinajstić information content (AvgIpc) is 3.16. The number of halogens is 3. The Balaban J connectivity index is 0.00000280. The maximum atomic E-state index is 6.22. The molecule has 0 radical (unpaired) electrons. The number of rotatable bonds is 9. The van der Waals surface area contributed by atoms with Crippen molar-refractivity contribution in [3.63, 3.8) is 0 Å². The summed E-state index contributed by atoms with van der Waals surface area (Å²) in [6, 6.07) is 15.6. The zero-order chi connectivity index (χ0) is 19.1. The van der Waals surface area contributed by atoms with Crippen LogP contribution in [0.4, 0.5) is 0 Å². The molecule has 0 unspecified atom stereocenters. The van der Waals surface area contributed by atoms with Crippen molar-refractivity contribution in [3.05, 3.63) is 80.0 Å². The molecule has 0 bridgehead atoms. The van der Waals surface area contributed by atoms with E-state index in [1.165, 1.54) is 4.88 Å². The number of benzene rings is 2. The van der Waals surface area contributed by atoms with Crippen molar-refractivity contribution in [2.24, 2.45) is 0 Å². The molecule has 0 saturated carbocycles. The largest absolute Gasteiger partial charge is 0.490 e. The van der Waals surface area contributed by atoms with Crippen LogP contribution in [0.5, 0.6) is 11.5 Å². The van der Waals surface area contributed by atoms with Crippen LogP contribution >= 0.6 is 46.9 Å². The van der Waals surface area contributed by atoms with E-state index >= 15 is 0 Å². The number of ether oxygens (including phenoxy) is 2. The molecule has 0 spiro atoms. The second-order valence-electron chi connectivity index (χ2n) is 5.92. The lowest BCUT2D eigenvalue weighted by Gasteiger charge is -2.14. The molecule has 0 amide bonds. The molecule has 0 aliphatic carbocycles. The van der Waals surface area contributed by atoms with E-state index in [0.717, 1.165) is 30.0 Å². The second-order valence-corrected chi connectivity index (χ2v) is 7.80. The lowest BCUT2D eigenvalue weighted by molar-refractivity contribution is 0.269. The Hall–Kier alpha value is -1.43. The van der Waals surface area contributed by atoms with E-state index in [4.69, 9.17) is 32.7 Å². The fourth-order valence-corrected chi connectivity index (χ4v) is 3.72. The summed E-state index contributed by atoms with van der Waals surface area (Å²) in [6.07, 6.45) is 0. The third-order valence-electron chi connectivity index (χ3n) is 3.91. The summed E-state index contributed by atoms with van der Waals surface area (Å²) in [4.78, 5) is 1.32. The van der Waals surface area contributed by atoms with E-state index in [9.17, 15) is 0 Å². The molecule has 0 saturated heterocycles. The first kappa shape index (κ1) is 22.9. The number of hydrogen-bond donors (Lipinski definition) is 1. The molecule has 2 aromatic carbocycles. The van der Waals surface area contributed by atoms with Crippen LogP contribution < -0.4 is 14.8 Å². The second kappa shape index (κ2) is 11.5. The highest BCUT2D eigenvalue weighted by molar-refractivity contribution is 7.09. The van der Waals surface area contributed by atoms with Gasteiger partial charge in [0, 0.05) is 33.6 Å². The molecule has 0 aliphatic heterocycles. The van der Waals surface area contributed by atoms with Gasteiger partial charge in [0.1, 0.15) is 6.61 Å². The van der Waals surface area contributed by atoms with Crippen LogP contribution in [0.25, 0.3) is 0 Å². The molecule has 3 nitrogen and oxygen atoms in total. The molecule has 0 aliphatic rings. The zero-order valence-electron chi connectivity index (χ0n) is 15.4. The van der Waals surface area contributed by atoms with Crippen molar-refractivity contribution < 1.29 is 9.47 Å². The Morgan fingerprint density at radius 2 is 1.82 bits per heavy atom. The summed E-state index contributed by atoms with van der Waals surface area (Å²) >= 11 is 13.9. The molecule has 3 aromatic rings. The number of thiophene rings is 1. The third kappa shape index (κ3) is 6.57. The molecule has 28 heavy (non-hydrogen) atoms. The van der Waals surface area contributed by atoms with Crippen molar-refractivity contribution in [2.45, 2.75) is 26.6 Å². The highest BCUT2D eigenvalue weighted by Crippen LogP contribution is 2.30. The summed E-state index contributed by atoms with van der Waals surface area (Å²) < 4.78 is 11.7. The van der Waals surface area contributed by atoms with Crippen LogP contribution in [-0.4, -0.2) is 6.61 Å². The van der Waals surface area contributed by atoms with E-state index in [1.807, 2.05) is 31.2 Å². The van der Waals surface area contributed by atoms with Crippen LogP contribution in [-0.2, 0) is 19.7 Å². The van der Waals surface area contributed by atoms with Crippen molar-refractivity contribution in [1.29, 1.82) is 0 Å². The Morgan fingerprint density at radius 3 is 2.54 bits per heavy atom. The Labute approximate surface area is 186 Å². The molecular formula is C21H22Cl3NO2S. The smallest absolute Gasteiger partial charge is 0.161 e. The van der Waals surface area contributed by atoms with Gasteiger partial charge in [-0.2, -0.15) is 0 Å². The molecule has 150 valence electrons. The van der Waals surface area contributed by atoms with Gasteiger partial charge >= 0.3 is 0 Å². The molecule has 1 heterocycles. The van der Waals surface area contributed by atoms with Crippen molar-refractivity contribution in [3.8, 4) is 11.5 Å². The summed E-state index contributed by atoms with van der Waals surface area (Å²) in [5.74, 6) is 1.43. The highest BCUT2D eigenvalue weighted by Gasteiger charge is 2.09. The standard InChI is InChI=1S/C21H21Cl2NO2S.ClH/c1-2-25-21-10-15(12-24-13-18-4-3-9-27-18)5-8-20(21)26-14-16-6-7-17(22)11-19(16)23;/h3-11,24H,2,12-14H2,1H3;1H. The van der Waals surface area contributed by atoms with Gasteiger partial charge in [0.2, 0.25) is 0 Å². The van der Waals surface area contributed by atoms with Gasteiger partial charge < -0.3 is 14.8 Å². The minimum atomic E-state index is 0.